The molecule has 0 saturated heterocycles. The van der Waals surface area contributed by atoms with Crippen molar-refractivity contribution in [3.8, 4) is 0 Å². The van der Waals surface area contributed by atoms with Gasteiger partial charge in [0.05, 0.1) is 0 Å². The summed E-state index contributed by atoms with van der Waals surface area (Å²) in [5.74, 6) is 0.931. The van der Waals surface area contributed by atoms with E-state index < -0.39 is 5.50 Å². The molecule has 19 heavy (non-hydrogen) atoms. The number of alkyl halides is 1. The highest BCUT2D eigenvalue weighted by atomic mass is 35.5. The van der Waals surface area contributed by atoms with Crippen molar-refractivity contribution in [2.24, 2.45) is 5.18 Å². The smallest absolute Gasteiger partial charge is 0.149 e. The SMILES string of the molecule is O=NC(Cl)Cc1ccc(CSc2ccccc2)cc1. The minimum Gasteiger partial charge on any atom is -0.149 e. The summed E-state index contributed by atoms with van der Waals surface area (Å²) in [7, 11) is 0. The van der Waals surface area contributed by atoms with E-state index in [0.717, 1.165) is 11.3 Å². The predicted octanol–water partition coefficient (Wildman–Crippen LogP) is 4.85. The lowest BCUT2D eigenvalue weighted by molar-refractivity contribution is 0.882. The second kappa shape index (κ2) is 7.31. The van der Waals surface area contributed by atoms with E-state index in [9.17, 15) is 4.91 Å². The number of thioether (sulfide) groups is 1. The van der Waals surface area contributed by atoms with Gasteiger partial charge in [-0.25, -0.2) is 0 Å². The topological polar surface area (TPSA) is 29.4 Å². The number of nitroso groups, excluding NO2 is 1. The van der Waals surface area contributed by atoms with Gasteiger partial charge in [-0.05, 0) is 28.4 Å². The average Bonchev–Trinajstić information content (AvgIpc) is 2.47. The third kappa shape index (κ3) is 4.69. The molecular formula is C15H14ClNOS. The molecule has 0 radical (unpaired) electrons. The molecule has 0 bridgehead atoms. The fourth-order valence-corrected chi connectivity index (χ4v) is 2.74. The zero-order valence-corrected chi connectivity index (χ0v) is 11.9. The number of rotatable bonds is 6. The van der Waals surface area contributed by atoms with E-state index >= 15 is 0 Å². The second-order valence-corrected chi connectivity index (χ2v) is 5.71. The van der Waals surface area contributed by atoms with Crippen LogP contribution >= 0.6 is 23.4 Å². The first-order valence-electron chi connectivity index (χ1n) is 6.00. The second-order valence-electron chi connectivity index (χ2n) is 4.16. The van der Waals surface area contributed by atoms with Crippen LogP contribution in [0.3, 0.4) is 0 Å². The van der Waals surface area contributed by atoms with Gasteiger partial charge in [0.2, 0.25) is 0 Å². The highest BCUT2D eigenvalue weighted by Crippen LogP contribution is 2.22. The molecule has 0 spiro atoms. The van der Waals surface area contributed by atoms with Crippen LogP contribution in [0.4, 0.5) is 0 Å². The van der Waals surface area contributed by atoms with Gasteiger partial charge >= 0.3 is 0 Å². The summed E-state index contributed by atoms with van der Waals surface area (Å²) in [5, 5.41) is 2.79. The molecule has 0 aromatic heterocycles. The third-order valence-electron chi connectivity index (χ3n) is 2.69. The first-order valence-corrected chi connectivity index (χ1v) is 7.42. The fraction of sp³-hybridized carbons (Fsp3) is 0.200. The molecule has 0 aliphatic rings. The summed E-state index contributed by atoms with van der Waals surface area (Å²) in [4.78, 5) is 11.5. The van der Waals surface area contributed by atoms with Crippen LogP contribution in [0.1, 0.15) is 11.1 Å². The Morgan fingerprint density at radius 1 is 1.00 bits per heavy atom. The van der Waals surface area contributed by atoms with Gasteiger partial charge in [0.1, 0.15) is 0 Å². The van der Waals surface area contributed by atoms with Gasteiger partial charge < -0.3 is 0 Å². The summed E-state index contributed by atoms with van der Waals surface area (Å²) in [6, 6.07) is 18.4. The maximum atomic E-state index is 10.3. The van der Waals surface area contributed by atoms with Crippen LogP contribution in [-0.4, -0.2) is 5.50 Å². The summed E-state index contributed by atoms with van der Waals surface area (Å²) in [6.07, 6.45) is 0.483. The molecule has 2 nitrogen and oxygen atoms in total. The molecule has 98 valence electrons. The van der Waals surface area contributed by atoms with Crippen molar-refractivity contribution >= 4 is 23.4 Å². The summed E-state index contributed by atoms with van der Waals surface area (Å²) < 4.78 is 0. The van der Waals surface area contributed by atoms with E-state index in [-0.39, 0.29) is 0 Å². The minimum atomic E-state index is -0.676. The van der Waals surface area contributed by atoms with E-state index in [2.05, 4.69) is 29.4 Å². The van der Waals surface area contributed by atoms with Crippen molar-refractivity contribution in [2.75, 3.05) is 0 Å². The van der Waals surface area contributed by atoms with Gasteiger partial charge in [-0.2, -0.15) is 0 Å². The number of hydrogen-bond donors (Lipinski definition) is 0. The first-order chi connectivity index (χ1) is 9.28. The van der Waals surface area contributed by atoms with Gasteiger partial charge in [-0.15, -0.1) is 16.7 Å². The van der Waals surface area contributed by atoms with Crippen molar-refractivity contribution in [3.63, 3.8) is 0 Å². The molecule has 0 aliphatic carbocycles. The average molecular weight is 292 g/mol. The van der Waals surface area contributed by atoms with E-state index in [1.54, 1.807) is 11.8 Å². The van der Waals surface area contributed by atoms with Gasteiger partial charge in [0, 0.05) is 17.1 Å². The molecule has 0 amide bonds. The quantitative estimate of drug-likeness (QED) is 0.329. The minimum absolute atomic E-state index is 0.483. The number of halogens is 1. The van der Waals surface area contributed by atoms with Crippen molar-refractivity contribution < 1.29 is 0 Å². The zero-order valence-electron chi connectivity index (χ0n) is 10.3. The zero-order chi connectivity index (χ0) is 13.5. The van der Waals surface area contributed by atoms with E-state index in [0.29, 0.717) is 6.42 Å². The van der Waals surface area contributed by atoms with E-state index in [1.807, 2.05) is 30.3 Å². The molecule has 1 atom stereocenters. The molecule has 2 aromatic rings. The summed E-state index contributed by atoms with van der Waals surface area (Å²) >= 11 is 7.50. The Balaban J connectivity index is 1.90. The lowest BCUT2D eigenvalue weighted by Crippen LogP contribution is -1.98. The summed E-state index contributed by atoms with van der Waals surface area (Å²) in [6.45, 7) is 0. The lowest BCUT2D eigenvalue weighted by Gasteiger charge is -2.05. The van der Waals surface area contributed by atoms with Gasteiger partial charge in [-0.3, -0.25) is 0 Å². The van der Waals surface area contributed by atoms with Gasteiger partial charge in [0.15, 0.2) is 5.50 Å². The molecular weight excluding hydrogens is 278 g/mol. The predicted molar refractivity (Wildman–Crippen MR) is 81.6 cm³/mol. The molecule has 0 N–H and O–H groups in total. The van der Waals surface area contributed by atoms with Crippen LogP contribution < -0.4 is 0 Å². The first kappa shape index (κ1) is 14.1. The van der Waals surface area contributed by atoms with Crippen LogP contribution in [0.25, 0.3) is 0 Å². The molecule has 2 rings (SSSR count). The highest BCUT2D eigenvalue weighted by Gasteiger charge is 2.04. The Labute approximate surface area is 122 Å². The Hall–Kier alpha value is -1.32. The fourth-order valence-electron chi connectivity index (χ4n) is 1.69. The normalized spacial score (nSPS) is 12.1. The number of hydrogen-bond acceptors (Lipinski definition) is 3. The van der Waals surface area contributed by atoms with Crippen molar-refractivity contribution in [1.82, 2.24) is 0 Å². The molecule has 0 heterocycles. The Bertz CT molecular complexity index is 515. The third-order valence-corrected chi connectivity index (χ3v) is 4.01. The van der Waals surface area contributed by atoms with Crippen molar-refractivity contribution in [1.29, 1.82) is 0 Å². The Morgan fingerprint density at radius 3 is 2.26 bits per heavy atom. The van der Waals surface area contributed by atoms with Crippen LogP contribution in [0.15, 0.2) is 64.7 Å². The Morgan fingerprint density at radius 2 is 1.63 bits per heavy atom. The maximum Gasteiger partial charge on any atom is 0.169 e. The maximum absolute atomic E-state index is 10.3. The number of nitrogens with zero attached hydrogens (tertiary/aromatic N) is 1. The Kier molecular flexibility index (Phi) is 5.43. The monoisotopic (exact) mass is 291 g/mol. The summed E-state index contributed by atoms with van der Waals surface area (Å²) in [5.41, 5.74) is 1.61. The molecule has 4 heteroatoms. The highest BCUT2D eigenvalue weighted by molar-refractivity contribution is 7.98. The molecule has 0 aliphatic heterocycles. The van der Waals surface area contributed by atoms with Crippen LogP contribution in [0.2, 0.25) is 0 Å². The molecule has 0 fully saturated rings. The largest absolute Gasteiger partial charge is 0.169 e. The standard InChI is InChI=1S/C15H14ClNOS/c16-15(17-18)10-12-6-8-13(9-7-12)11-19-14-4-2-1-3-5-14/h1-9,15H,10-11H2. The lowest BCUT2D eigenvalue weighted by atomic mass is 10.1. The van der Waals surface area contributed by atoms with E-state index in [4.69, 9.17) is 11.6 Å². The molecule has 2 aromatic carbocycles. The molecule has 1 unspecified atom stereocenters. The number of benzene rings is 2. The van der Waals surface area contributed by atoms with Crippen LogP contribution in [0, 0.1) is 4.91 Å². The van der Waals surface area contributed by atoms with E-state index in [1.165, 1.54) is 10.5 Å². The van der Waals surface area contributed by atoms with Gasteiger partial charge in [0.25, 0.3) is 0 Å². The van der Waals surface area contributed by atoms with Crippen LogP contribution in [-0.2, 0) is 12.2 Å². The van der Waals surface area contributed by atoms with Crippen LogP contribution in [0.5, 0.6) is 0 Å². The molecule has 0 saturated carbocycles. The van der Waals surface area contributed by atoms with Crippen molar-refractivity contribution in [2.45, 2.75) is 22.6 Å². The van der Waals surface area contributed by atoms with Crippen molar-refractivity contribution in [3.05, 3.63) is 70.6 Å². The van der Waals surface area contributed by atoms with Gasteiger partial charge in [-0.1, -0.05) is 54.1 Å².